The van der Waals surface area contributed by atoms with Crippen LogP contribution in [0.3, 0.4) is 0 Å². The Balaban J connectivity index is 2.35. The van der Waals surface area contributed by atoms with Crippen LogP contribution in [0.4, 0.5) is 0 Å². The summed E-state index contributed by atoms with van der Waals surface area (Å²) in [6.07, 6.45) is 8.70. The highest BCUT2D eigenvalue weighted by atomic mass is 32.2. The molecule has 0 radical (unpaired) electrons. The number of hydrogen-bond donors (Lipinski definition) is 3. The zero-order valence-corrected chi connectivity index (χ0v) is 18.2. The van der Waals surface area contributed by atoms with E-state index < -0.39 is 17.8 Å². The molecule has 5 atom stereocenters. The zero-order chi connectivity index (χ0) is 20.3. The molecule has 1 aliphatic carbocycles. The number of carbonyl (C=O) groups excluding carboxylic acids is 1. The fourth-order valence-electron chi connectivity index (χ4n) is 3.86. The van der Waals surface area contributed by atoms with Crippen molar-refractivity contribution < 1.29 is 24.9 Å². The van der Waals surface area contributed by atoms with Gasteiger partial charge in [-0.05, 0) is 32.1 Å². The normalized spacial score (nSPS) is 27.5. The second kappa shape index (κ2) is 13.0. The Kier molecular flexibility index (Phi) is 11.9. The lowest BCUT2D eigenvalue weighted by Crippen LogP contribution is -2.32. The van der Waals surface area contributed by atoms with E-state index in [0.29, 0.717) is 18.6 Å². The van der Waals surface area contributed by atoms with Gasteiger partial charge < -0.3 is 20.1 Å². The van der Waals surface area contributed by atoms with E-state index in [4.69, 9.17) is 0 Å². The number of ether oxygens (including phenoxy) is 1. The van der Waals surface area contributed by atoms with Crippen LogP contribution in [-0.2, 0) is 9.53 Å². The molecule has 160 valence electrons. The molecular formula is C21H40O5S. The van der Waals surface area contributed by atoms with Gasteiger partial charge in [-0.15, -0.1) is 0 Å². The number of esters is 1. The average molecular weight is 405 g/mol. The van der Waals surface area contributed by atoms with Crippen LogP contribution >= 0.6 is 11.8 Å². The maximum Gasteiger partial charge on any atom is 0.305 e. The Morgan fingerprint density at radius 3 is 2.48 bits per heavy atom. The van der Waals surface area contributed by atoms with Crippen LogP contribution in [0.2, 0.25) is 0 Å². The van der Waals surface area contributed by atoms with Crippen LogP contribution in [0.1, 0.15) is 84.5 Å². The van der Waals surface area contributed by atoms with Gasteiger partial charge in [0, 0.05) is 23.8 Å². The summed E-state index contributed by atoms with van der Waals surface area (Å²) in [5.74, 6) is 0.518. The zero-order valence-electron chi connectivity index (χ0n) is 17.4. The maximum atomic E-state index is 11.1. The van der Waals surface area contributed by atoms with Gasteiger partial charge in [0.25, 0.3) is 0 Å². The van der Waals surface area contributed by atoms with Crippen molar-refractivity contribution >= 4 is 17.7 Å². The molecular weight excluding hydrogens is 364 g/mol. The van der Waals surface area contributed by atoms with Crippen LogP contribution in [-0.4, -0.2) is 57.2 Å². The Hall–Kier alpha value is -0.300. The molecule has 0 aliphatic heterocycles. The number of aliphatic hydroxyl groups is 3. The van der Waals surface area contributed by atoms with Crippen molar-refractivity contribution in [2.75, 3.05) is 12.9 Å². The summed E-state index contributed by atoms with van der Waals surface area (Å²) in [6, 6.07) is 0. The third kappa shape index (κ3) is 9.64. The molecule has 0 aromatic heterocycles. The van der Waals surface area contributed by atoms with E-state index >= 15 is 0 Å². The summed E-state index contributed by atoms with van der Waals surface area (Å²) in [4.78, 5) is 11.1. The van der Waals surface area contributed by atoms with Gasteiger partial charge in [-0.3, -0.25) is 4.79 Å². The molecule has 5 nitrogen and oxygen atoms in total. The van der Waals surface area contributed by atoms with Gasteiger partial charge in [0.2, 0.25) is 0 Å². The molecule has 0 heterocycles. The lowest BCUT2D eigenvalue weighted by molar-refractivity contribution is -0.140. The Labute approximate surface area is 169 Å². The fourth-order valence-corrected chi connectivity index (χ4v) is 5.45. The quantitative estimate of drug-likeness (QED) is 0.302. The predicted octanol–water partition coefficient (Wildman–Crippen LogP) is 3.67. The minimum atomic E-state index is -0.717. The molecule has 1 rings (SSSR count). The lowest BCUT2D eigenvalue weighted by Gasteiger charge is -2.28. The Bertz CT molecular complexity index is 415. The minimum Gasteiger partial charge on any atom is -0.469 e. The third-order valence-corrected chi connectivity index (χ3v) is 7.42. The summed E-state index contributed by atoms with van der Waals surface area (Å²) >= 11 is 1.62. The molecule has 5 unspecified atom stereocenters. The fraction of sp³-hybridized carbons (Fsp3) is 0.952. The standard InChI is InChI=1S/C21H40O5S/c1-4-5-10-13-21(2,25)15-27-20-16(17(22)14-18(20)23)11-8-6-7-9-12-19(24)26-3/h16-18,20,22-23,25H,4-15H2,1-3H3. The second-order valence-electron chi connectivity index (χ2n) is 8.29. The molecule has 0 spiro atoms. The summed E-state index contributed by atoms with van der Waals surface area (Å²) < 4.78 is 4.64. The summed E-state index contributed by atoms with van der Waals surface area (Å²) in [6.45, 7) is 4.03. The number of hydrogen-bond acceptors (Lipinski definition) is 6. The molecule has 1 fully saturated rings. The van der Waals surface area contributed by atoms with Crippen LogP contribution < -0.4 is 0 Å². The second-order valence-corrected chi connectivity index (χ2v) is 9.46. The largest absolute Gasteiger partial charge is 0.469 e. The van der Waals surface area contributed by atoms with E-state index in [1.807, 2.05) is 6.92 Å². The lowest BCUT2D eigenvalue weighted by atomic mass is 9.97. The highest BCUT2D eigenvalue weighted by Gasteiger charge is 2.42. The van der Waals surface area contributed by atoms with Gasteiger partial charge in [-0.2, -0.15) is 11.8 Å². The highest BCUT2D eigenvalue weighted by molar-refractivity contribution is 8.00. The first-order valence-corrected chi connectivity index (χ1v) is 11.6. The van der Waals surface area contributed by atoms with Crippen LogP contribution in [0.15, 0.2) is 0 Å². The molecule has 1 aliphatic rings. The third-order valence-electron chi connectivity index (χ3n) is 5.58. The van der Waals surface area contributed by atoms with Crippen LogP contribution in [0, 0.1) is 5.92 Å². The SMILES string of the molecule is CCCCCC(C)(O)CSC1C(O)CC(O)C1CCCCCCC(=O)OC. The Morgan fingerprint density at radius 2 is 1.81 bits per heavy atom. The van der Waals surface area contributed by atoms with Gasteiger partial charge >= 0.3 is 5.97 Å². The van der Waals surface area contributed by atoms with Crippen LogP contribution in [0.5, 0.6) is 0 Å². The van der Waals surface area contributed by atoms with E-state index in [2.05, 4.69) is 11.7 Å². The summed E-state index contributed by atoms with van der Waals surface area (Å²) in [5.41, 5.74) is -0.717. The van der Waals surface area contributed by atoms with Crippen molar-refractivity contribution in [3.63, 3.8) is 0 Å². The first-order valence-electron chi connectivity index (χ1n) is 10.6. The maximum absolute atomic E-state index is 11.1. The average Bonchev–Trinajstić information content (AvgIpc) is 2.89. The number of thioether (sulfide) groups is 1. The molecule has 3 N–H and O–H groups in total. The molecule has 0 bridgehead atoms. The van der Waals surface area contributed by atoms with E-state index in [0.717, 1.165) is 57.8 Å². The molecule has 0 saturated heterocycles. The van der Waals surface area contributed by atoms with Crippen molar-refractivity contribution in [3.8, 4) is 0 Å². The van der Waals surface area contributed by atoms with Gasteiger partial charge in [0.15, 0.2) is 0 Å². The predicted molar refractivity (Wildman–Crippen MR) is 111 cm³/mol. The molecule has 27 heavy (non-hydrogen) atoms. The topological polar surface area (TPSA) is 87.0 Å². The number of unbranched alkanes of at least 4 members (excludes halogenated alkanes) is 5. The Morgan fingerprint density at radius 1 is 1.11 bits per heavy atom. The first-order chi connectivity index (χ1) is 12.8. The number of aliphatic hydroxyl groups excluding tert-OH is 2. The van der Waals surface area contributed by atoms with Crippen molar-refractivity contribution in [2.24, 2.45) is 5.92 Å². The van der Waals surface area contributed by atoms with E-state index in [-0.39, 0.29) is 17.1 Å². The molecule has 0 aromatic carbocycles. The molecule has 1 saturated carbocycles. The van der Waals surface area contributed by atoms with Crippen molar-refractivity contribution in [1.29, 1.82) is 0 Å². The van der Waals surface area contributed by atoms with Gasteiger partial charge in [-0.25, -0.2) is 0 Å². The minimum absolute atomic E-state index is 0.00674. The van der Waals surface area contributed by atoms with Gasteiger partial charge in [-0.1, -0.05) is 45.4 Å². The monoisotopic (exact) mass is 404 g/mol. The van der Waals surface area contributed by atoms with Crippen molar-refractivity contribution in [1.82, 2.24) is 0 Å². The van der Waals surface area contributed by atoms with Gasteiger partial charge in [0.1, 0.15) is 0 Å². The summed E-state index contributed by atoms with van der Waals surface area (Å²) in [5, 5.41) is 31.3. The van der Waals surface area contributed by atoms with E-state index in [1.165, 1.54) is 7.11 Å². The number of carbonyl (C=O) groups is 1. The number of methoxy groups -OCH3 is 1. The van der Waals surface area contributed by atoms with Crippen molar-refractivity contribution in [3.05, 3.63) is 0 Å². The first kappa shape index (κ1) is 24.7. The van der Waals surface area contributed by atoms with Gasteiger partial charge in [0.05, 0.1) is 24.9 Å². The molecule has 6 heteroatoms. The summed E-state index contributed by atoms with van der Waals surface area (Å²) in [7, 11) is 1.41. The molecule has 0 amide bonds. The van der Waals surface area contributed by atoms with Crippen LogP contribution in [0.25, 0.3) is 0 Å². The smallest absolute Gasteiger partial charge is 0.305 e. The van der Waals surface area contributed by atoms with E-state index in [9.17, 15) is 20.1 Å². The van der Waals surface area contributed by atoms with E-state index in [1.54, 1.807) is 11.8 Å². The molecule has 0 aromatic rings. The highest BCUT2D eigenvalue weighted by Crippen LogP contribution is 2.40. The number of rotatable bonds is 14. The van der Waals surface area contributed by atoms with Crippen molar-refractivity contribution in [2.45, 2.75) is 108 Å².